The van der Waals surface area contributed by atoms with E-state index in [9.17, 15) is 4.21 Å². The van der Waals surface area contributed by atoms with Crippen LogP contribution >= 0.6 is 0 Å². The fourth-order valence-electron chi connectivity index (χ4n) is 1.90. The molecule has 1 aromatic carbocycles. The summed E-state index contributed by atoms with van der Waals surface area (Å²) in [5, 5.41) is 0. The standard InChI is InChI=1S/C15H25NOS/c1-11(2)7-8-18(17)10-15(16)14-9-12(3)5-6-13(14)4/h5-6,9,11,15H,7-8,10,16H2,1-4H3. The van der Waals surface area contributed by atoms with E-state index in [0.29, 0.717) is 11.7 Å². The average Bonchev–Trinajstić information content (AvgIpc) is 2.29. The molecule has 2 N–H and O–H groups in total. The first-order valence-electron chi connectivity index (χ1n) is 6.58. The number of hydrogen-bond donors (Lipinski definition) is 1. The molecule has 2 nitrogen and oxygen atoms in total. The molecule has 0 aliphatic carbocycles. The number of nitrogens with two attached hydrogens (primary N) is 1. The molecule has 0 saturated carbocycles. The predicted molar refractivity (Wildman–Crippen MR) is 80.2 cm³/mol. The predicted octanol–water partition coefficient (Wildman–Crippen LogP) is 3.10. The molecule has 1 rings (SSSR count). The maximum atomic E-state index is 12.0. The number of benzene rings is 1. The topological polar surface area (TPSA) is 43.1 Å². The zero-order valence-electron chi connectivity index (χ0n) is 11.9. The third-order valence-corrected chi connectivity index (χ3v) is 4.54. The van der Waals surface area contributed by atoms with Crippen LogP contribution in [0.25, 0.3) is 0 Å². The van der Waals surface area contributed by atoms with Crippen molar-refractivity contribution in [2.45, 2.75) is 40.2 Å². The zero-order chi connectivity index (χ0) is 13.7. The Morgan fingerprint density at radius 3 is 2.56 bits per heavy atom. The molecule has 2 atom stereocenters. The van der Waals surface area contributed by atoms with Crippen LogP contribution in [0.2, 0.25) is 0 Å². The summed E-state index contributed by atoms with van der Waals surface area (Å²) in [6.45, 7) is 8.43. The molecule has 0 spiro atoms. The third-order valence-electron chi connectivity index (χ3n) is 3.12. The van der Waals surface area contributed by atoms with Crippen LogP contribution in [0.5, 0.6) is 0 Å². The van der Waals surface area contributed by atoms with Gasteiger partial charge in [-0.15, -0.1) is 0 Å². The number of hydrogen-bond acceptors (Lipinski definition) is 2. The SMILES string of the molecule is Cc1ccc(C)c(C(N)CS(=O)CCC(C)C)c1. The summed E-state index contributed by atoms with van der Waals surface area (Å²) in [7, 11) is -0.811. The van der Waals surface area contributed by atoms with E-state index >= 15 is 0 Å². The lowest BCUT2D eigenvalue weighted by Crippen LogP contribution is -2.21. The summed E-state index contributed by atoms with van der Waals surface area (Å²) < 4.78 is 12.0. The molecule has 0 heterocycles. The zero-order valence-corrected chi connectivity index (χ0v) is 12.7. The van der Waals surface area contributed by atoms with Gasteiger partial charge in [0.2, 0.25) is 0 Å². The molecule has 1 aromatic rings. The molecule has 3 heteroatoms. The second kappa shape index (κ2) is 7.05. The number of rotatable bonds is 6. The fourth-order valence-corrected chi connectivity index (χ4v) is 3.38. The molecule has 0 amide bonds. The summed E-state index contributed by atoms with van der Waals surface area (Å²) >= 11 is 0. The van der Waals surface area contributed by atoms with Crippen molar-refractivity contribution in [2.75, 3.05) is 11.5 Å². The Morgan fingerprint density at radius 1 is 1.28 bits per heavy atom. The normalized spacial score (nSPS) is 14.8. The monoisotopic (exact) mass is 267 g/mol. The Labute approximate surface area is 113 Å². The van der Waals surface area contributed by atoms with E-state index in [-0.39, 0.29) is 6.04 Å². The van der Waals surface area contributed by atoms with Crippen LogP contribution in [0, 0.1) is 19.8 Å². The van der Waals surface area contributed by atoms with Crippen molar-refractivity contribution in [3.05, 3.63) is 34.9 Å². The minimum atomic E-state index is -0.811. The van der Waals surface area contributed by atoms with Gasteiger partial charge in [0, 0.05) is 28.3 Å². The van der Waals surface area contributed by atoms with Crippen molar-refractivity contribution in [1.82, 2.24) is 0 Å². The Morgan fingerprint density at radius 2 is 1.94 bits per heavy atom. The lowest BCUT2D eigenvalue weighted by Gasteiger charge is -2.15. The molecule has 0 aliphatic rings. The second-order valence-electron chi connectivity index (χ2n) is 5.46. The van der Waals surface area contributed by atoms with E-state index < -0.39 is 10.8 Å². The van der Waals surface area contributed by atoms with Crippen molar-refractivity contribution in [3.63, 3.8) is 0 Å². The van der Waals surface area contributed by atoms with Gasteiger partial charge in [0.15, 0.2) is 0 Å². The van der Waals surface area contributed by atoms with Gasteiger partial charge in [0.1, 0.15) is 0 Å². The molecule has 0 aliphatic heterocycles. The van der Waals surface area contributed by atoms with Crippen LogP contribution in [-0.4, -0.2) is 15.7 Å². The van der Waals surface area contributed by atoms with Gasteiger partial charge in [-0.2, -0.15) is 0 Å². The van der Waals surface area contributed by atoms with E-state index in [2.05, 4.69) is 45.9 Å². The third kappa shape index (κ3) is 4.91. The van der Waals surface area contributed by atoms with Crippen molar-refractivity contribution in [2.24, 2.45) is 11.7 Å². The largest absolute Gasteiger partial charge is 0.323 e. The maximum Gasteiger partial charge on any atom is 0.0428 e. The van der Waals surface area contributed by atoms with Crippen LogP contribution in [-0.2, 0) is 10.8 Å². The van der Waals surface area contributed by atoms with Crippen LogP contribution < -0.4 is 5.73 Å². The Hall–Kier alpha value is -0.670. The van der Waals surface area contributed by atoms with Gasteiger partial charge in [-0.25, -0.2) is 0 Å². The van der Waals surface area contributed by atoms with Crippen molar-refractivity contribution < 1.29 is 4.21 Å². The molecule has 0 aromatic heterocycles. The van der Waals surface area contributed by atoms with Gasteiger partial charge in [0.05, 0.1) is 0 Å². The Kier molecular flexibility index (Phi) is 6.03. The first kappa shape index (κ1) is 15.4. The second-order valence-corrected chi connectivity index (χ2v) is 7.08. The summed E-state index contributed by atoms with van der Waals surface area (Å²) in [4.78, 5) is 0. The summed E-state index contributed by atoms with van der Waals surface area (Å²) in [6.07, 6.45) is 1.01. The first-order chi connectivity index (χ1) is 8.40. The van der Waals surface area contributed by atoms with E-state index in [1.807, 2.05) is 0 Å². The summed E-state index contributed by atoms with van der Waals surface area (Å²) in [6, 6.07) is 6.17. The van der Waals surface area contributed by atoms with E-state index in [4.69, 9.17) is 5.73 Å². The first-order valence-corrected chi connectivity index (χ1v) is 8.06. The Bertz CT molecular complexity index is 415. The molecule has 0 bridgehead atoms. The lowest BCUT2D eigenvalue weighted by atomic mass is 10.0. The van der Waals surface area contributed by atoms with Crippen LogP contribution in [0.3, 0.4) is 0 Å². The summed E-state index contributed by atoms with van der Waals surface area (Å²) in [5.41, 5.74) is 9.71. The Balaban J connectivity index is 2.62. The number of aryl methyl sites for hydroxylation is 2. The maximum absolute atomic E-state index is 12.0. The molecule has 18 heavy (non-hydrogen) atoms. The highest BCUT2D eigenvalue weighted by molar-refractivity contribution is 7.85. The molecular formula is C15H25NOS. The molecule has 0 saturated heterocycles. The van der Waals surface area contributed by atoms with Gasteiger partial charge in [0.25, 0.3) is 0 Å². The smallest absolute Gasteiger partial charge is 0.0428 e. The average molecular weight is 267 g/mol. The highest BCUT2D eigenvalue weighted by Gasteiger charge is 2.13. The molecule has 2 unspecified atom stereocenters. The highest BCUT2D eigenvalue weighted by atomic mass is 32.2. The minimum absolute atomic E-state index is 0.113. The van der Waals surface area contributed by atoms with Gasteiger partial charge < -0.3 is 5.73 Å². The molecule has 102 valence electrons. The van der Waals surface area contributed by atoms with Crippen LogP contribution in [0.1, 0.15) is 43.0 Å². The van der Waals surface area contributed by atoms with Crippen molar-refractivity contribution >= 4 is 10.8 Å². The van der Waals surface area contributed by atoms with E-state index in [1.54, 1.807) is 0 Å². The lowest BCUT2D eigenvalue weighted by molar-refractivity contribution is 0.617. The summed E-state index contributed by atoms with van der Waals surface area (Å²) in [5.74, 6) is 1.93. The molecule has 0 radical (unpaired) electrons. The van der Waals surface area contributed by atoms with Gasteiger partial charge >= 0.3 is 0 Å². The van der Waals surface area contributed by atoms with Gasteiger partial charge in [-0.05, 0) is 37.3 Å². The highest BCUT2D eigenvalue weighted by Crippen LogP contribution is 2.18. The van der Waals surface area contributed by atoms with Crippen molar-refractivity contribution in [3.8, 4) is 0 Å². The molecule has 0 fully saturated rings. The minimum Gasteiger partial charge on any atom is -0.323 e. The van der Waals surface area contributed by atoms with Gasteiger partial charge in [-0.3, -0.25) is 4.21 Å². The molecular weight excluding hydrogens is 242 g/mol. The van der Waals surface area contributed by atoms with E-state index in [0.717, 1.165) is 17.7 Å². The van der Waals surface area contributed by atoms with E-state index in [1.165, 1.54) is 11.1 Å². The fraction of sp³-hybridized carbons (Fsp3) is 0.600. The van der Waals surface area contributed by atoms with Crippen LogP contribution in [0.4, 0.5) is 0 Å². The van der Waals surface area contributed by atoms with Gasteiger partial charge in [-0.1, -0.05) is 37.6 Å². The van der Waals surface area contributed by atoms with Crippen LogP contribution in [0.15, 0.2) is 18.2 Å². The van der Waals surface area contributed by atoms with Crippen molar-refractivity contribution in [1.29, 1.82) is 0 Å². The quantitative estimate of drug-likeness (QED) is 0.860.